The lowest BCUT2D eigenvalue weighted by Gasteiger charge is -2.33. The number of fused-ring (bicyclic) bond motifs is 2. The predicted molar refractivity (Wildman–Crippen MR) is 96.2 cm³/mol. The fourth-order valence-electron chi connectivity index (χ4n) is 4.15. The van der Waals surface area contributed by atoms with Gasteiger partial charge in [-0.15, -0.1) is 0 Å². The first-order chi connectivity index (χ1) is 12.5. The van der Waals surface area contributed by atoms with Crippen molar-refractivity contribution in [2.75, 3.05) is 5.32 Å². The van der Waals surface area contributed by atoms with Crippen LogP contribution in [0.25, 0.3) is 10.8 Å². The molecular weight excluding hydrogens is 336 g/mol. The fraction of sp³-hybridized carbons (Fsp3) is 0.412. The molecule has 9 heteroatoms. The van der Waals surface area contributed by atoms with Gasteiger partial charge in [-0.25, -0.2) is 5.43 Å². The maximum atomic E-state index is 11.6. The minimum atomic E-state index is -0.397. The number of nitro groups is 1. The smallest absolute Gasteiger partial charge is 0.278 e. The van der Waals surface area contributed by atoms with E-state index in [4.69, 9.17) is 5.73 Å². The first-order valence-electron chi connectivity index (χ1n) is 8.62. The lowest BCUT2D eigenvalue weighted by atomic mass is 9.79. The number of carbonyl (C=O) groups is 1. The van der Waals surface area contributed by atoms with Gasteiger partial charge in [0.15, 0.2) is 0 Å². The van der Waals surface area contributed by atoms with Gasteiger partial charge in [0.05, 0.1) is 10.3 Å². The van der Waals surface area contributed by atoms with Gasteiger partial charge in [0.2, 0.25) is 5.91 Å². The highest BCUT2D eigenvalue weighted by atomic mass is 16.6. The average molecular weight is 356 g/mol. The Balaban J connectivity index is 1.59. The van der Waals surface area contributed by atoms with E-state index in [1.54, 1.807) is 18.3 Å². The molecule has 1 amide bonds. The van der Waals surface area contributed by atoms with E-state index >= 15 is 0 Å². The second-order valence-corrected chi connectivity index (χ2v) is 6.90. The minimum Gasteiger partial charge on any atom is -0.382 e. The molecule has 1 aliphatic carbocycles. The number of hydrogen-bond acceptors (Lipinski definition) is 7. The Morgan fingerprint density at radius 2 is 2.12 bits per heavy atom. The van der Waals surface area contributed by atoms with E-state index in [9.17, 15) is 14.9 Å². The Morgan fingerprint density at radius 1 is 1.27 bits per heavy atom. The van der Waals surface area contributed by atoms with Crippen molar-refractivity contribution in [3.05, 3.63) is 40.7 Å². The second-order valence-electron chi connectivity index (χ2n) is 6.90. The maximum Gasteiger partial charge on any atom is 0.278 e. The summed E-state index contributed by atoms with van der Waals surface area (Å²) in [6, 6.07) is 5.05. The van der Waals surface area contributed by atoms with E-state index in [0.717, 1.165) is 30.3 Å². The largest absolute Gasteiger partial charge is 0.382 e. The van der Waals surface area contributed by atoms with Crippen LogP contribution in [0.15, 0.2) is 30.6 Å². The van der Waals surface area contributed by atoms with E-state index in [1.807, 2.05) is 0 Å². The number of benzene rings is 1. The minimum absolute atomic E-state index is 0.0420. The average Bonchev–Trinajstić information content (AvgIpc) is 3.05. The molecule has 1 aromatic heterocycles. The number of amides is 1. The van der Waals surface area contributed by atoms with E-state index in [2.05, 4.69) is 21.2 Å². The lowest BCUT2D eigenvalue weighted by molar-refractivity contribution is -0.383. The molecule has 1 saturated carbocycles. The van der Waals surface area contributed by atoms with Crippen LogP contribution >= 0.6 is 0 Å². The van der Waals surface area contributed by atoms with Crippen LogP contribution in [0.4, 0.5) is 11.4 Å². The fourth-order valence-corrected chi connectivity index (χ4v) is 4.15. The zero-order valence-electron chi connectivity index (χ0n) is 14.0. The van der Waals surface area contributed by atoms with Crippen molar-refractivity contribution in [3.8, 4) is 0 Å². The van der Waals surface area contributed by atoms with Crippen LogP contribution in [0, 0.1) is 16.0 Å². The van der Waals surface area contributed by atoms with Gasteiger partial charge in [-0.1, -0.05) is 0 Å². The summed E-state index contributed by atoms with van der Waals surface area (Å²) in [6.07, 6.45) is 5.80. The first kappa shape index (κ1) is 16.7. The van der Waals surface area contributed by atoms with Crippen molar-refractivity contribution in [1.82, 2.24) is 15.8 Å². The van der Waals surface area contributed by atoms with Gasteiger partial charge in [0.1, 0.15) is 6.04 Å². The van der Waals surface area contributed by atoms with Crippen LogP contribution in [0.1, 0.15) is 19.3 Å². The molecule has 4 unspecified atom stereocenters. The van der Waals surface area contributed by atoms with Crippen LogP contribution in [0.5, 0.6) is 0 Å². The molecule has 1 aliphatic heterocycles. The number of nitro benzene ring substituents is 1. The highest BCUT2D eigenvalue weighted by molar-refractivity contribution is 5.99. The number of nitrogens with one attached hydrogen (secondary N) is 3. The van der Waals surface area contributed by atoms with Gasteiger partial charge in [0.25, 0.3) is 5.69 Å². The van der Waals surface area contributed by atoms with E-state index in [1.165, 1.54) is 12.3 Å². The number of rotatable bonds is 4. The summed E-state index contributed by atoms with van der Waals surface area (Å²) in [4.78, 5) is 26.5. The van der Waals surface area contributed by atoms with Crippen LogP contribution in [0.3, 0.4) is 0 Å². The summed E-state index contributed by atoms with van der Waals surface area (Å²) in [5.74, 6) is -0.220. The second kappa shape index (κ2) is 6.50. The monoisotopic (exact) mass is 356 g/mol. The summed E-state index contributed by atoms with van der Waals surface area (Å²) < 4.78 is 0. The van der Waals surface area contributed by atoms with Gasteiger partial charge in [-0.2, -0.15) is 0 Å². The molecule has 5 N–H and O–H groups in total. The van der Waals surface area contributed by atoms with Crippen LogP contribution < -0.4 is 21.9 Å². The summed E-state index contributed by atoms with van der Waals surface area (Å²) in [7, 11) is 0. The Morgan fingerprint density at radius 3 is 2.88 bits per heavy atom. The van der Waals surface area contributed by atoms with Crippen molar-refractivity contribution >= 4 is 28.1 Å². The van der Waals surface area contributed by atoms with Gasteiger partial charge in [-0.05, 0) is 31.4 Å². The number of nitrogens with zero attached hydrogens (tertiary/aromatic N) is 2. The number of nitrogens with two attached hydrogens (primary N) is 1. The zero-order valence-corrected chi connectivity index (χ0v) is 14.0. The van der Waals surface area contributed by atoms with Crippen LogP contribution in [-0.4, -0.2) is 33.9 Å². The summed E-state index contributed by atoms with van der Waals surface area (Å²) in [6.45, 7) is 0. The van der Waals surface area contributed by atoms with Crippen molar-refractivity contribution in [1.29, 1.82) is 0 Å². The number of hydrazine groups is 1. The zero-order chi connectivity index (χ0) is 18.3. The van der Waals surface area contributed by atoms with Crippen LogP contribution in [-0.2, 0) is 4.79 Å². The SMILES string of the molecule is NC(=O)C1NNC2CCC(Nc3ccc([N+](=O)[O-])c4cnccc34)CC21. The number of anilines is 1. The van der Waals surface area contributed by atoms with Crippen LogP contribution in [0.2, 0.25) is 0 Å². The first-order valence-corrected chi connectivity index (χ1v) is 8.62. The summed E-state index contributed by atoms with van der Waals surface area (Å²) in [5.41, 5.74) is 12.5. The van der Waals surface area contributed by atoms with Gasteiger partial charge >= 0.3 is 0 Å². The molecule has 0 spiro atoms. The van der Waals surface area contributed by atoms with Gasteiger partial charge in [0, 0.05) is 47.5 Å². The number of hydrogen-bond donors (Lipinski definition) is 4. The van der Waals surface area contributed by atoms with Crippen molar-refractivity contribution < 1.29 is 9.72 Å². The molecule has 2 aliphatic rings. The molecule has 0 bridgehead atoms. The normalized spacial score (nSPS) is 27.8. The molecule has 1 aromatic carbocycles. The molecule has 136 valence electrons. The Kier molecular flexibility index (Phi) is 4.17. The molecule has 2 aromatic rings. The Bertz CT molecular complexity index is 873. The number of carbonyl (C=O) groups excluding carboxylic acids is 1. The number of pyridine rings is 1. The van der Waals surface area contributed by atoms with Gasteiger partial charge < -0.3 is 11.1 Å². The molecule has 2 fully saturated rings. The van der Waals surface area contributed by atoms with E-state index < -0.39 is 4.92 Å². The molecule has 0 radical (unpaired) electrons. The highest BCUT2D eigenvalue weighted by Crippen LogP contribution is 2.35. The Hall–Kier alpha value is -2.78. The molecule has 9 nitrogen and oxygen atoms in total. The Labute approximate surface area is 149 Å². The molecule has 4 atom stereocenters. The molecule has 2 heterocycles. The van der Waals surface area contributed by atoms with Crippen molar-refractivity contribution in [2.24, 2.45) is 11.7 Å². The van der Waals surface area contributed by atoms with E-state index in [0.29, 0.717) is 5.39 Å². The molecule has 4 rings (SSSR count). The summed E-state index contributed by atoms with van der Waals surface area (Å²) in [5, 5.41) is 16.0. The van der Waals surface area contributed by atoms with Crippen molar-refractivity contribution in [3.63, 3.8) is 0 Å². The number of non-ortho nitro benzene ring substituents is 1. The number of primary amides is 1. The highest BCUT2D eigenvalue weighted by Gasteiger charge is 2.42. The quantitative estimate of drug-likeness (QED) is 0.475. The lowest BCUT2D eigenvalue weighted by Crippen LogP contribution is -2.44. The van der Waals surface area contributed by atoms with Crippen molar-refractivity contribution in [2.45, 2.75) is 37.4 Å². The third-order valence-corrected chi connectivity index (χ3v) is 5.41. The topological polar surface area (TPSA) is 135 Å². The molecule has 1 saturated heterocycles. The third kappa shape index (κ3) is 2.85. The van der Waals surface area contributed by atoms with E-state index in [-0.39, 0.29) is 35.6 Å². The summed E-state index contributed by atoms with van der Waals surface area (Å²) >= 11 is 0. The number of aromatic nitrogens is 1. The van der Waals surface area contributed by atoms with Gasteiger partial charge in [-0.3, -0.25) is 25.3 Å². The standard InChI is InChI=1S/C17H20N6O3/c18-17(24)16-11-7-9(1-2-14(11)21-22-16)20-13-3-4-15(23(25)26)12-8-19-6-5-10(12)13/h3-6,8-9,11,14,16,20-22H,1-2,7H2,(H2,18,24). The molecular formula is C17H20N6O3. The third-order valence-electron chi connectivity index (χ3n) is 5.41. The predicted octanol–water partition coefficient (Wildman–Crippen LogP) is 1.05. The maximum absolute atomic E-state index is 11.6. The molecule has 26 heavy (non-hydrogen) atoms.